The molecule has 0 atom stereocenters. The van der Waals surface area contributed by atoms with Crippen molar-refractivity contribution in [2.45, 2.75) is 44.0 Å². The molecule has 1 aromatic carbocycles. The number of rotatable bonds is 5. The van der Waals surface area contributed by atoms with Gasteiger partial charge in [0.05, 0.1) is 4.90 Å². The van der Waals surface area contributed by atoms with Gasteiger partial charge >= 0.3 is 0 Å². The van der Waals surface area contributed by atoms with Crippen LogP contribution in [0.1, 0.15) is 42.1 Å². The highest BCUT2D eigenvalue weighted by atomic mass is 32.2. The lowest BCUT2D eigenvalue weighted by Crippen LogP contribution is -2.45. The Morgan fingerprint density at radius 2 is 1.92 bits per heavy atom. The zero-order valence-corrected chi connectivity index (χ0v) is 15.9. The molecule has 134 valence electrons. The van der Waals surface area contributed by atoms with Crippen LogP contribution in [0.3, 0.4) is 0 Å². The number of carbonyl (C=O) groups is 1. The maximum absolute atomic E-state index is 12.9. The van der Waals surface area contributed by atoms with Crippen molar-refractivity contribution in [3.8, 4) is 0 Å². The van der Waals surface area contributed by atoms with E-state index < -0.39 is 9.84 Å². The molecule has 0 N–H and O–H groups in total. The van der Waals surface area contributed by atoms with E-state index in [9.17, 15) is 13.2 Å². The second-order valence-electron chi connectivity index (χ2n) is 6.74. The molecule has 0 unspecified atom stereocenters. The summed E-state index contributed by atoms with van der Waals surface area (Å²) in [5.41, 5.74) is 1.29. The number of likely N-dealkylation sites (tertiary alicyclic amines) is 1. The van der Waals surface area contributed by atoms with Gasteiger partial charge in [-0.1, -0.05) is 13.0 Å². The number of aryl methyl sites for hydroxylation is 1. The predicted molar refractivity (Wildman–Crippen MR) is 96.1 cm³/mol. The molecule has 1 aromatic rings. The zero-order chi connectivity index (χ0) is 17.9. The predicted octanol–water partition coefficient (Wildman–Crippen LogP) is 2.34. The summed E-state index contributed by atoms with van der Waals surface area (Å²) in [7, 11) is -1.49. The Bertz CT molecular complexity index is 692. The monoisotopic (exact) mass is 352 g/mol. The normalized spacial score (nSPS) is 17.0. The molecular formula is C18H28N2O3S. The van der Waals surface area contributed by atoms with E-state index in [4.69, 9.17) is 0 Å². The van der Waals surface area contributed by atoms with Crippen LogP contribution >= 0.6 is 0 Å². The summed E-state index contributed by atoms with van der Waals surface area (Å²) < 4.78 is 23.5. The topological polar surface area (TPSA) is 57.7 Å². The van der Waals surface area contributed by atoms with E-state index in [1.807, 2.05) is 14.0 Å². The molecular weight excluding hydrogens is 324 g/mol. The minimum absolute atomic E-state index is 0.0908. The maximum atomic E-state index is 12.9. The van der Waals surface area contributed by atoms with Crippen molar-refractivity contribution in [3.63, 3.8) is 0 Å². The lowest BCUT2D eigenvalue weighted by molar-refractivity contribution is 0.0641. The number of benzene rings is 1. The van der Waals surface area contributed by atoms with Gasteiger partial charge in [0.15, 0.2) is 9.84 Å². The van der Waals surface area contributed by atoms with Gasteiger partial charge in [-0.25, -0.2) is 8.42 Å². The fourth-order valence-corrected chi connectivity index (χ4v) is 3.91. The number of piperidine rings is 1. The Morgan fingerprint density at radius 1 is 1.29 bits per heavy atom. The number of hydrogen-bond acceptors (Lipinski definition) is 4. The molecule has 0 spiro atoms. The van der Waals surface area contributed by atoms with Crippen molar-refractivity contribution in [1.82, 2.24) is 9.80 Å². The van der Waals surface area contributed by atoms with Gasteiger partial charge in [0, 0.05) is 38.0 Å². The highest BCUT2D eigenvalue weighted by Gasteiger charge is 2.26. The van der Waals surface area contributed by atoms with Crippen LogP contribution in [0.2, 0.25) is 0 Å². The molecule has 24 heavy (non-hydrogen) atoms. The molecule has 0 bridgehead atoms. The number of sulfone groups is 1. The van der Waals surface area contributed by atoms with Crippen LogP contribution < -0.4 is 0 Å². The van der Waals surface area contributed by atoms with Crippen molar-refractivity contribution >= 4 is 15.7 Å². The SMILES string of the molecule is CCCN1CCC(N(C)C(=O)c2cc(S(C)(=O)=O)ccc2C)CC1. The van der Waals surface area contributed by atoms with Gasteiger partial charge < -0.3 is 9.80 Å². The largest absolute Gasteiger partial charge is 0.339 e. The summed E-state index contributed by atoms with van der Waals surface area (Å²) in [6.45, 7) is 7.16. The van der Waals surface area contributed by atoms with Gasteiger partial charge in [0.25, 0.3) is 5.91 Å². The van der Waals surface area contributed by atoms with Crippen molar-refractivity contribution in [1.29, 1.82) is 0 Å². The third kappa shape index (κ3) is 4.36. The van der Waals surface area contributed by atoms with E-state index in [0.29, 0.717) is 5.56 Å². The third-order valence-electron chi connectivity index (χ3n) is 4.83. The van der Waals surface area contributed by atoms with Crippen LogP contribution in [-0.4, -0.2) is 63.1 Å². The second-order valence-corrected chi connectivity index (χ2v) is 8.75. The quantitative estimate of drug-likeness (QED) is 0.816. The van der Waals surface area contributed by atoms with Crippen molar-refractivity contribution in [3.05, 3.63) is 29.3 Å². The maximum Gasteiger partial charge on any atom is 0.254 e. The highest BCUT2D eigenvalue weighted by Crippen LogP contribution is 2.21. The van der Waals surface area contributed by atoms with Gasteiger partial charge in [-0.15, -0.1) is 0 Å². The van der Waals surface area contributed by atoms with Gasteiger partial charge in [-0.05, 0) is 50.4 Å². The van der Waals surface area contributed by atoms with E-state index in [1.165, 1.54) is 12.3 Å². The summed E-state index contributed by atoms with van der Waals surface area (Å²) in [5.74, 6) is -0.0908. The molecule has 0 saturated carbocycles. The Hall–Kier alpha value is -1.40. The third-order valence-corrected chi connectivity index (χ3v) is 5.94. The smallest absolute Gasteiger partial charge is 0.254 e. The van der Waals surface area contributed by atoms with Gasteiger partial charge in [0.2, 0.25) is 0 Å². The van der Waals surface area contributed by atoms with Crippen LogP contribution in [0.25, 0.3) is 0 Å². The lowest BCUT2D eigenvalue weighted by Gasteiger charge is -2.36. The zero-order valence-electron chi connectivity index (χ0n) is 15.1. The Labute approximate surface area is 145 Å². The van der Waals surface area contributed by atoms with Crippen LogP contribution in [-0.2, 0) is 9.84 Å². The molecule has 1 aliphatic rings. The summed E-state index contributed by atoms with van der Waals surface area (Å²) in [5, 5.41) is 0. The van der Waals surface area contributed by atoms with Crippen LogP contribution in [0, 0.1) is 6.92 Å². The molecule has 1 aliphatic heterocycles. The molecule has 6 heteroatoms. The average molecular weight is 353 g/mol. The fraction of sp³-hybridized carbons (Fsp3) is 0.611. The minimum atomic E-state index is -3.32. The first-order valence-corrected chi connectivity index (χ1v) is 10.4. The van der Waals surface area contributed by atoms with Gasteiger partial charge in [0.1, 0.15) is 0 Å². The van der Waals surface area contributed by atoms with Crippen LogP contribution in [0.4, 0.5) is 0 Å². The molecule has 0 aromatic heterocycles. The Balaban J connectivity index is 2.14. The standard InChI is InChI=1S/C18H28N2O3S/c1-5-10-20-11-8-15(9-12-20)19(3)18(21)17-13-16(24(4,22)23)7-6-14(17)2/h6-7,13,15H,5,8-12H2,1-4H3. The number of amides is 1. The van der Waals surface area contributed by atoms with Gasteiger partial charge in [-0.2, -0.15) is 0 Å². The molecule has 1 fully saturated rings. The van der Waals surface area contributed by atoms with Crippen molar-refractivity contribution in [2.24, 2.45) is 0 Å². The molecule has 5 nitrogen and oxygen atoms in total. The van der Waals surface area contributed by atoms with Crippen LogP contribution in [0.5, 0.6) is 0 Å². The van der Waals surface area contributed by atoms with E-state index in [0.717, 1.165) is 44.5 Å². The molecule has 2 rings (SSSR count). The lowest BCUT2D eigenvalue weighted by atomic mass is 10.0. The molecule has 1 heterocycles. The van der Waals surface area contributed by atoms with E-state index in [1.54, 1.807) is 17.0 Å². The molecule has 0 radical (unpaired) electrons. The first-order chi connectivity index (χ1) is 11.2. The molecule has 1 saturated heterocycles. The number of hydrogen-bond donors (Lipinski definition) is 0. The van der Waals surface area contributed by atoms with Crippen LogP contribution in [0.15, 0.2) is 23.1 Å². The van der Waals surface area contributed by atoms with E-state index in [2.05, 4.69) is 11.8 Å². The molecule has 1 amide bonds. The molecule has 0 aliphatic carbocycles. The Morgan fingerprint density at radius 3 is 2.46 bits per heavy atom. The van der Waals surface area contributed by atoms with Crippen molar-refractivity contribution < 1.29 is 13.2 Å². The highest BCUT2D eigenvalue weighted by molar-refractivity contribution is 7.90. The fourth-order valence-electron chi connectivity index (χ4n) is 3.26. The summed E-state index contributed by atoms with van der Waals surface area (Å²) in [4.78, 5) is 17.3. The summed E-state index contributed by atoms with van der Waals surface area (Å²) >= 11 is 0. The summed E-state index contributed by atoms with van der Waals surface area (Å²) in [6, 6.07) is 4.99. The van der Waals surface area contributed by atoms with E-state index in [-0.39, 0.29) is 16.8 Å². The first-order valence-electron chi connectivity index (χ1n) is 8.54. The second kappa shape index (κ2) is 7.66. The van der Waals surface area contributed by atoms with Gasteiger partial charge in [-0.3, -0.25) is 4.79 Å². The first kappa shape index (κ1) is 18.9. The average Bonchev–Trinajstić information content (AvgIpc) is 2.54. The summed E-state index contributed by atoms with van der Waals surface area (Å²) in [6.07, 6.45) is 4.25. The van der Waals surface area contributed by atoms with E-state index >= 15 is 0 Å². The Kier molecular flexibility index (Phi) is 6.04. The minimum Gasteiger partial charge on any atom is -0.339 e. The number of nitrogens with zero attached hydrogens (tertiary/aromatic N) is 2. The number of carbonyl (C=O) groups excluding carboxylic acids is 1. The van der Waals surface area contributed by atoms with Crippen molar-refractivity contribution in [2.75, 3.05) is 32.9 Å².